The maximum atomic E-state index is 11.4. The summed E-state index contributed by atoms with van der Waals surface area (Å²) in [5.74, 6) is 0.503. The van der Waals surface area contributed by atoms with Gasteiger partial charge in [-0.2, -0.15) is 0 Å². The fourth-order valence-corrected chi connectivity index (χ4v) is 2.36. The number of alkyl carbamates (subject to hydrolysis) is 1. The predicted octanol–water partition coefficient (Wildman–Crippen LogP) is 3.31. The van der Waals surface area contributed by atoms with Crippen molar-refractivity contribution >= 4 is 17.7 Å². The van der Waals surface area contributed by atoms with Crippen LogP contribution in [0.4, 0.5) is 4.79 Å². The summed E-state index contributed by atoms with van der Waals surface area (Å²) >= 11 is 6.09. The fraction of sp³-hybridized carbons (Fsp3) is 0.917. The first kappa shape index (κ1) is 13.6. The molecule has 0 aliphatic heterocycles. The van der Waals surface area contributed by atoms with E-state index in [-0.39, 0.29) is 11.5 Å². The molecule has 2 unspecified atom stereocenters. The molecule has 1 amide bonds. The Kier molecular flexibility index (Phi) is 4.90. The molecule has 0 heterocycles. The van der Waals surface area contributed by atoms with Crippen molar-refractivity contribution in [3.8, 4) is 0 Å². The van der Waals surface area contributed by atoms with Gasteiger partial charge in [-0.05, 0) is 46.0 Å². The molecule has 0 radical (unpaired) electrons. The van der Waals surface area contributed by atoms with Crippen LogP contribution >= 0.6 is 11.6 Å². The van der Waals surface area contributed by atoms with Crippen LogP contribution < -0.4 is 5.32 Å². The molecule has 1 saturated carbocycles. The van der Waals surface area contributed by atoms with Crippen LogP contribution in [0.25, 0.3) is 0 Å². The summed E-state index contributed by atoms with van der Waals surface area (Å²) in [7, 11) is 0. The van der Waals surface area contributed by atoms with Crippen molar-refractivity contribution in [1.82, 2.24) is 5.32 Å². The number of carbonyl (C=O) groups is 1. The molecule has 1 aliphatic carbocycles. The molecule has 1 aliphatic rings. The minimum Gasteiger partial charge on any atom is -0.444 e. The van der Waals surface area contributed by atoms with Crippen molar-refractivity contribution in [2.24, 2.45) is 5.92 Å². The molecule has 0 saturated heterocycles. The third-order valence-electron chi connectivity index (χ3n) is 2.65. The zero-order valence-electron chi connectivity index (χ0n) is 10.4. The molecule has 1 rings (SSSR count). The minimum atomic E-state index is -0.425. The van der Waals surface area contributed by atoms with E-state index in [1.165, 1.54) is 0 Å². The van der Waals surface area contributed by atoms with E-state index in [0.717, 1.165) is 25.7 Å². The van der Waals surface area contributed by atoms with Gasteiger partial charge in [-0.1, -0.05) is 6.42 Å². The van der Waals surface area contributed by atoms with Gasteiger partial charge in [0.15, 0.2) is 0 Å². The molecule has 0 aromatic rings. The second-order valence-electron chi connectivity index (χ2n) is 5.51. The fourth-order valence-electron chi connectivity index (χ4n) is 1.95. The van der Waals surface area contributed by atoms with E-state index in [4.69, 9.17) is 16.3 Å². The Balaban J connectivity index is 2.21. The van der Waals surface area contributed by atoms with Crippen LogP contribution in [0.1, 0.15) is 46.5 Å². The quantitative estimate of drug-likeness (QED) is 0.761. The summed E-state index contributed by atoms with van der Waals surface area (Å²) < 4.78 is 5.17. The normalized spacial score (nSPS) is 26.2. The summed E-state index contributed by atoms with van der Waals surface area (Å²) in [5.41, 5.74) is -0.425. The molecule has 16 heavy (non-hydrogen) atoms. The molecule has 0 aromatic carbocycles. The van der Waals surface area contributed by atoms with Gasteiger partial charge >= 0.3 is 6.09 Å². The van der Waals surface area contributed by atoms with Crippen LogP contribution in [-0.4, -0.2) is 23.6 Å². The van der Waals surface area contributed by atoms with Crippen molar-refractivity contribution in [2.75, 3.05) is 6.54 Å². The predicted molar refractivity (Wildman–Crippen MR) is 65.8 cm³/mol. The van der Waals surface area contributed by atoms with E-state index < -0.39 is 5.60 Å². The van der Waals surface area contributed by atoms with E-state index in [2.05, 4.69) is 5.32 Å². The molecule has 0 bridgehead atoms. The lowest BCUT2D eigenvalue weighted by Crippen LogP contribution is -2.36. The molecule has 0 aromatic heterocycles. The van der Waals surface area contributed by atoms with Crippen LogP contribution in [0.5, 0.6) is 0 Å². The average molecular weight is 248 g/mol. The van der Waals surface area contributed by atoms with Crippen molar-refractivity contribution in [3.63, 3.8) is 0 Å². The smallest absolute Gasteiger partial charge is 0.407 e. The first-order valence-corrected chi connectivity index (χ1v) is 6.41. The van der Waals surface area contributed by atoms with E-state index >= 15 is 0 Å². The second-order valence-corrected chi connectivity index (χ2v) is 6.13. The Morgan fingerprint density at radius 1 is 1.44 bits per heavy atom. The number of hydrogen-bond donors (Lipinski definition) is 1. The van der Waals surface area contributed by atoms with Crippen molar-refractivity contribution in [3.05, 3.63) is 0 Å². The molecule has 3 nitrogen and oxygen atoms in total. The van der Waals surface area contributed by atoms with Crippen LogP contribution in [0.3, 0.4) is 0 Å². The highest BCUT2D eigenvalue weighted by Gasteiger charge is 2.22. The molecular weight excluding hydrogens is 226 g/mol. The van der Waals surface area contributed by atoms with Gasteiger partial charge in [0.2, 0.25) is 0 Å². The van der Waals surface area contributed by atoms with Gasteiger partial charge in [0.1, 0.15) is 5.60 Å². The highest BCUT2D eigenvalue weighted by Crippen LogP contribution is 2.27. The molecular formula is C12H22ClNO2. The van der Waals surface area contributed by atoms with Gasteiger partial charge in [-0.3, -0.25) is 0 Å². The lowest BCUT2D eigenvalue weighted by atomic mass is 9.89. The van der Waals surface area contributed by atoms with Crippen molar-refractivity contribution in [1.29, 1.82) is 0 Å². The second kappa shape index (κ2) is 5.76. The largest absolute Gasteiger partial charge is 0.444 e. The van der Waals surface area contributed by atoms with Crippen molar-refractivity contribution in [2.45, 2.75) is 57.4 Å². The third-order valence-corrected chi connectivity index (χ3v) is 3.05. The number of halogens is 1. The van der Waals surface area contributed by atoms with Gasteiger partial charge < -0.3 is 10.1 Å². The van der Waals surface area contributed by atoms with Gasteiger partial charge in [-0.25, -0.2) is 4.79 Å². The van der Waals surface area contributed by atoms with E-state index in [1.54, 1.807) is 0 Å². The number of carbonyl (C=O) groups excluding carboxylic acids is 1. The Bertz CT molecular complexity index is 238. The molecule has 2 atom stereocenters. The Morgan fingerprint density at radius 2 is 2.12 bits per heavy atom. The van der Waals surface area contributed by atoms with Crippen LogP contribution in [0.15, 0.2) is 0 Å². The van der Waals surface area contributed by atoms with Gasteiger partial charge in [0.05, 0.1) is 0 Å². The van der Waals surface area contributed by atoms with Crippen molar-refractivity contribution < 1.29 is 9.53 Å². The lowest BCUT2D eigenvalue weighted by molar-refractivity contribution is 0.0515. The highest BCUT2D eigenvalue weighted by atomic mass is 35.5. The Morgan fingerprint density at radius 3 is 2.69 bits per heavy atom. The zero-order valence-corrected chi connectivity index (χ0v) is 11.1. The minimum absolute atomic E-state index is 0.277. The van der Waals surface area contributed by atoms with Crippen LogP contribution in [-0.2, 0) is 4.74 Å². The summed E-state index contributed by atoms with van der Waals surface area (Å²) in [5, 5.41) is 3.09. The molecule has 0 spiro atoms. The Labute approximate surface area is 103 Å². The number of nitrogens with one attached hydrogen (secondary N) is 1. The summed E-state index contributed by atoms with van der Waals surface area (Å²) in [6.45, 7) is 6.27. The number of rotatable bonds is 2. The molecule has 4 heteroatoms. The number of ether oxygens (including phenoxy) is 1. The number of alkyl halides is 1. The van der Waals surface area contributed by atoms with Crippen LogP contribution in [0, 0.1) is 5.92 Å². The Hall–Kier alpha value is -0.440. The number of amides is 1. The van der Waals surface area contributed by atoms with Gasteiger partial charge in [0, 0.05) is 11.9 Å². The number of hydrogen-bond acceptors (Lipinski definition) is 2. The highest BCUT2D eigenvalue weighted by molar-refractivity contribution is 6.20. The SMILES string of the molecule is CC(C)(C)OC(=O)NCC1CCCC(Cl)C1. The first-order valence-electron chi connectivity index (χ1n) is 5.98. The van der Waals surface area contributed by atoms with Gasteiger partial charge in [0.25, 0.3) is 0 Å². The zero-order chi connectivity index (χ0) is 12.2. The summed E-state index contributed by atoms with van der Waals surface area (Å²) in [6.07, 6.45) is 4.08. The van der Waals surface area contributed by atoms with E-state index in [9.17, 15) is 4.79 Å². The third kappa shape index (κ3) is 5.59. The topological polar surface area (TPSA) is 38.3 Å². The van der Waals surface area contributed by atoms with Crippen LogP contribution in [0.2, 0.25) is 0 Å². The maximum Gasteiger partial charge on any atom is 0.407 e. The summed E-state index contributed by atoms with van der Waals surface area (Å²) in [4.78, 5) is 11.4. The molecule has 1 N–H and O–H groups in total. The monoisotopic (exact) mass is 247 g/mol. The standard InChI is InChI=1S/C12H22ClNO2/c1-12(2,3)16-11(15)14-8-9-5-4-6-10(13)7-9/h9-10H,4-8H2,1-3H3,(H,14,15). The van der Waals surface area contributed by atoms with E-state index in [1.807, 2.05) is 20.8 Å². The average Bonchev–Trinajstić information content (AvgIpc) is 2.12. The van der Waals surface area contributed by atoms with E-state index in [0.29, 0.717) is 12.5 Å². The molecule has 1 fully saturated rings. The first-order chi connectivity index (χ1) is 7.37. The maximum absolute atomic E-state index is 11.4. The molecule has 94 valence electrons. The van der Waals surface area contributed by atoms with Gasteiger partial charge in [-0.15, -0.1) is 11.6 Å². The summed E-state index contributed by atoms with van der Waals surface area (Å²) in [6, 6.07) is 0. The lowest BCUT2D eigenvalue weighted by Gasteiger charge is -2.26.